The Morgan fingerprint density at radius 2 is 1.57 bits per heavy atom. The lowest BCUT2D eigenvalue weighted by Gasteiger charge is -2.19. The summed E-state index contributed by atoms with van der Waals surface area (Å²) in [6, 6.07) is 30.3. The van der Waals surface area contributed by atoms with Gasteiger partial charge >= 0.3 is 0 Å². The minimum absolute atomic E-state index is 0.0611. The molecule has 4 aromatic rings. The summed E-state index contributed by atoms with van der Waals surface area (Å²) in [6.07, 6.45) is 3.45. The summed E-state index contributed by atoms with van der Waals surface area (Å²) in [5.74, 6) is 0.799. The summed E-state index contributed by atoms with van der Waals surface area (Å²) in [5, 5.41) is 2.94. The highest BCUT2D eigenvalue weighted by Crippen LogP contribution is 2.28. The third-order valence-corrected chi connectivity index (χ3v) is 5.61. The van der Waals surface area contributed by atoms with Crippen LogP contribution in [0.4, 0.5) is 5.69 Å². The summed E-state index contributed by atoms with van der Waals surface area (Å²) in [4.78, 5) is 31.9. The molecule has 35 heavy (non-hydrogen) atoms. The predicted octanol–water partition coefficient (Wildman–Crippen LogP) is 4.97. The van der Waals surface area contributed by atoms with Gasteiger partial charge < -0.3 is 9.73 Å². The molecule has 2 amide bonds. The fourth-order valence-corrected chi connectivity index (χ4v) is 3.85. The zero-order valence-electron chi connectivity index (χ0n) is 18.9. The van der Waals surface area contributed by atoms with Crippen LogP contribution in [0.2, 0.25) is 0 Å². The average molecular weight is 462 g/mol. The maximum absolute atomic E-state index is 13.3. The van der Waals surface area contributed by atoms with Gasteiger partial charge in [-0.2, -0.15) is 0 Å². The molecule has 172 valence electrons. The van der Waals surface area contributed by atoms with E-state index >= 15 is 0 Å². The molecular weight excluding hydrogens is 438 g/mol. The topological polar surface area (TPSA) is 74.9 Å². The zero-order chi connectivity index (χ0) is 24.0. The predicted molar refractivity (Wildman–Crippen MR) is 136 cm³/mol. The second-order valence-corrected chi connectivity index (χ2v) is 8.09. The van der Waals surface area contributed by atoms with Crippen molar-refractivity contribution < 1.29 is 14.0 Å². The Balaban J connectivity index is 1.34. The number of carbonyl (C=O) groups is 2. The largest absolute Gasteiger partial charge is 0.465 e. The van der Waals surface area contributed by atoms with Crippen LogP contribution < -0.4 is 10.2 Å². The lowest BCUT2D eigenvalue weighted by Crippen LogP contribution is -2.32. The quantitative estimate of drug-likeness (QED) is 0.395. The minimum atomic E-state index is -0.242. The zero-order valence-corrected chi connectivity index (χ0v) is 18.9. The number of rotatable bonds is 7. The average Bonchev–Trinajstić information content (AvgIpc) is 3.53. The van der Waals surface area contributed by atoms with Gasteiger partial charge in [-0.05, 0) is 35.4 Å². The highest BCUT2D eigenvalue weighted by molar-refractivity contribution is 6.33. The second-order valence-electron chi connectivity index (χ2n) is 8.09. The van der Waals surface area contributed by atoms with Crippen LogP contribution in [0, 0.1) is 0 Å². The Morgan fingerprint density at radius 3 is 2.26 bits per heavy atom. The van der Waals surface area contributed by atoms with Crippen LogP contribution in [0.3, 0.4) is 0 Å². The van der Waals surface area contributed by atoms with Gasteiger partial charge in [-0.25, -0.2) is 4.99 Å². The SMILES string of the molecule is O=C(Cc1ccc(N2C(=O)/C(=C/c3ccco3)N=C2c2ccccc2)cc1)NCc1ccccc1. The number of nitrogens with zero attached hydrogens (tertiary/aromatic N) is 2. The Kier molecular flexibility index (Phi) is 6.35. The van der Waals surface area contributed by atoms with Crippen LogP contribution >= 0.6 is 0 Å². The Hall–Kier alpha value is -4.71. The molecule has 0 aliphatic carbocycles. The second kappa shape index (κ2) is 10.1. The number of benzene rings is 3. The molecule has 0 fully saturated rings. The summed E-state index contributed by atoms with van der Waals surface area (Å²) >= 11 is 0. The van der Waals surface area contributed by atoms with Crippen LogP contribution in [0.25, 0.3) is 6.08 Å². The van der Waals surface area contributed by atoms with Crippen LogP contribution in [-0.4, -0.2) is 17.6 Å². The first-order valence-corrected chi connectivity index (χ1v) is 11.3. The number of hydrogen-bond acceptors (Lipinski definition) is 4. The molecule has 6 nitrogen and oxygen atoms in total. The summed E-state index contributed by atoms with van der Waals surface area (Å²) in [5.41, 5.74) is 3.70. The first-order valence-electron chi connectivity index (χ1n) is 11.3. The Morgan fingerprint density at radius 1 is 0.857 bits per heavy atom. The molecule has 0 unspecified atom stereocenters. The van der Waals surface area contributed by atoms with Gasteiger partial charge in [0.25, 0.3) is 5.91 Å². The van der Waals surface area contributed by atoms with Gasteiger partial charge in [0.15, 0.2) is 0 Å². The lowest BCUT2D eigenvalue weighted by molar-refractivity contribution is -0.120. The molecule has 1 aliphatic rings. The molecule has 1 aliphatic heterocycles. The molecule has 0 atom stereocenters. The monoisotopic (exact) mass is 461 g/mol. The maximum atomic E-state index is 13.3. The molecule has 3 aromatic carbocycles. The molecule has 0 saturated heterocycles. The van der Waals surface area contributed by atoms with Gasteiger partial charge in [0.2, 0.25) is 5.91 Å². The van der Waals surface area contributed by atoms with Crippen molar-refractivity contribution in [2.24, 2.45) is 4.99 Å². The van der Waals surface area contributed by atoms with Crippen molar-refractivity contribution in [2.45, 2.75) is 13.0 Å². The van der Waals surface area contributed by atoms with Crippen molar-refractivity contribution in [3.8, 4) is 0 Å². The number of furan rings is 1. The van der Waals surface area contributed by atoms with Gasteiger partial charge in [0.1, 0.15) is 17.3 Å². The smallest absolute Gasteiger partial charge is 0.282 e. The van der Waals surface area contributed by atoms with E-state index in [4.69, 9.17) is 4.42 Å². The van der Waals surface area contributed by atoms with E-state index in [0.29, 0.717) is 29.5 Å². The fraction of sp³-hybridized carbons (Fsp3) is 0.0690. The van der Waals surface area contributed by atoms with E-state index in [1.54, 1.807) is 29.4 Å². The number of aliphatic imine (C=N–C) groups is 1. The van der Waals surface area contributed by atoms with Crippen molar-refractivity contribution in [1.82, 2.24) is 5.32 Å². The highest BCUT2D eigenvalue weighted by Gasteiger charge is 2.32. The molecule has 0 saturated carbocycles. The first kappa shape index (κ1) is 22.1. The third kappa shape index (κ3) is 5.12. The van der Waals surface area contributed by atoms with Crippen molar-refractivity contribution in [3.05, 3.63) is 131 Å². The molecule has 0 spiro atoms. The van der Waals surface area contributed by atoms with Crippen LogP contribution in [0.1, 0.15) is 22.5 Å². The molecule has 2 heterocycles. The van der Waals surface area contributed by atoms with E-state index in [0.717, 1.165) is 16.7 Å². The third-order valence-electron chi connectivity index (χ3n) is 5.61. The fourth-order valence-electron chi connectivity index (χ4n) is 3.85. The van der Waals surface area contributed by atoms with E-state index in [2.05, 4.69) is 10.3 Å². The van der Waals surface area contributed by atoms with E-state index in [-0.39, 0.29) is 18.2 Å². The van der Waals surface area contributed by atoms with Crippen LogP contribution in [0.15, 0.2) is 118 Å². The van der Waals surface area contributed by atoms with E-state index in [9.17, 15) is 9.59 Å². The van der Waals surface area contributed by atoms with Crippen molar-refractivity contribution in [1.29, 1.82) is 0 Å². The lowest BCUT2D eigenvalue weighted by atomic mass is 10.1. The number of hydrogen-bond donors (Lipinski definition) is 1. The summed E-state index contributed by atoms with van der Waals surface area (Å²) in [7, 11) is 0. The number of nitrogens with one attached hydrogen (secondary N) is 1. The van der Waals surface area contributed by atoms with E-state index < -0.39 is 0 Å². The van der Waals surface area contributed by atoms with Crippen molar-refractivity contribution in [2.75, 3.05) is 4.90 Å². The van der Waals surface area contributed by atoms with Crippen molar-refractivity contribution in [3.63, 3.8) is 0 Å². The number of carbonyl (C=O) groups excluding carboxylic acids is 2. The number of amides is 2. The van der Waals surface area contributed by atoms with Crippen LogP contribution in [-0.2, 0) is 22.6 Å². The van der Waals surface area contributed by atoms with Gasteiger partial charge in [-0.15, -0.1) is 0 Å². The summed E-state index contributed by atoms with van der Waals surface area (Å²) in [6.45, 7) is 0.488. The van der Waals surface area contributed by atoms with Crippen molar-refractivity contribution >= 4 is 29.4 Å². The first-order chi connectivity index (χ1) is 17.2. The summed E-state index contributed by atoms with van der Waals surface area (Å²) < 4.78 is 5.37. The molecule has 1 N–H and O–H groups in total. The molecular formula is C29H23N3O3. The highest BCUT2D eigenvalue weighted by atomic mass is 16.3. The molecule has 6 heteroatoms. The Labute approximate surface area is 203 Å². The van der Waals surface area contributed by atoms with E-state index in [1.165, 1.54) is 0 Å². The minimum Gasteiger partial charge on any atom is -0.465 e. The molecule has 1 aromatic heterocycles. The number of amidine groups is 1. The Bertz CT molecular complexity index is 1370. The van der Waals surface area contributed by atoms with E-state index in [1.807, 2.05) is 84.9 Å². The normalized spacial score (nSPS) is 14.3. The molecule has 0 radical (unpaired) electrons. The van der Waals surface area contributed by atoms with Gasteiger partial charge in [0, 0.05) is 18.2 Å². The molecule has 0 bridgehead atoms. The standard InChI is InChI=1S/C29H23N3O3/c33-27(30-20-22-8-3-1-4-9-22)18-21-13-15-24(16-14-21)32-28(23-10-5-2-6-11-23)31-26(29(32)34)19-25-12-7-17-35-25/h1-17,19H,18,20H2,(H,30,33)/b26-19-. The van der Waals surface area contributed by atoms with Gasteiger partial charge in [0.05, 0.1) is 18.4 Å². The number of anilines is 1. The molecule has 5 rings (SSSR count). The van der Waals surface area contributed by atoms with Crippen LogP contribution in [0.5, 0.6) is 0 Å². The van der Waals surface area contributed by atoms with Gasteiger partial charge in [-0.1, -0.05) is 72.8 Å². The maximum Gasteiger partial charge on any atom is 0.282 e. The van der Waals surface area contributed by atoms with Gasteiger partial charge in [-0.3, -0.25) is 14.5 Å².